The van der Waals surface area contributed by atoms with E-state index < -0.39 is 11.5 Å². The summed E-state index contributed by atoms with van der Waals surface area (Å²) >= 11 is 0. The molecular weight excluding hydrogens is 196 g/mol. The minimum atomic E-state index is -2.67. The lowest BCUT2D eigenvalue weighted by molar-refractivity contribution is -0.110. The summed E-state index contributed by atoms with van der Waals surface area (Å²) in [6.07, 6.45) is 0.501. The maximum Gasteiger partial charge on any atom is 0.269 e. The highest BCUT2D eigenvalue weighted by molar-refractivity contribution is 5.27. The summed E-state index contributed by atoms with van der Waals surface area (Å²) in [5, 5.41) is 2.95. The molecule has 1 atom stereocenters. The highest BCUT2D eigenvalue weighted by Crippen LogP contribution is 2.42. The van der Waals surface area contributed by atoms with Crippen LogP contribution in [-0.2, 0) is 5.54 Å². The standard InChI is InChI=1S/C12H15F2N/c1-11(10-6-3-2-4-7-10)12(13,14)8-5-9-15-11/h2-4,6-7,15H,5,8-9H2,1H3. The highest BCUT2D eigenvalue weighted by atomic mass is 19.3. The van der Waals surface area contributed by atoms with Crippen molar-refractivity contribution >= 4 is 0 Å². The third-order valence-corrected chi connectivity index (χ3v) is 3.23. The van der Waals surface area contributed by atoms with Crippen LogP contribution in [0, 0.1) is 0 Å². The lowest BCUT2D eigenvalue weighted by atomic mass is 9.80. The molecule has 0 aromatic heterocycles. The van der Waals surface area contributed by atoms with Crippen LogP contribution in [0.4, 0.5) is 8.78 Å². The van der Waals surface area contributed by atoms with Crippen LogP contribution in [0.25, 0.3) is 0 Å². The van der Waals surface area contributed by atoms with E-state index in [1.165, 1.54) is 0 Å². The quantitative estimate of drug-likeness (QED) is 0.753. The zero-order valence-electron chi connectivity index (χ0n) is 8.76. The number of halogens is 2. The van der Waals surface area contributed by atoms with Crippen LogP contribution in [-0.4, -0.2) is 12.5 Å². The van der Waals surface area contributed by atoms with Gasteiger partial charge in [0.2, 0.25) is 0 Å². The monoisotopic (exact) mass is 211 g/mol. The van der Waals surface area contributed by atoms with Gasteiger partial charge in [-0.15, -0.1) is 0 Å². The minimum Gasteiger partial charge on any atom is -0.303 e. The molecule has 0 amide bonds. The van der Waals surface area contributed by atoms with Gasteiger partial charge in [-0.3, -0.25) is 0 Å². The van der Waals surface area contributed by atoms with E-state index in [1.807, 2.05) is 6.07 Å². The van der Waals surface area contributed by atoms with Crippen LogP contribution in [0.1, 0.15) is 25.3 Å². The maximum atomic E-state index is 13.9. The highest BCUT2D eigenvalue weighted by Gasteiger charge is 2.52. The first-order valence-electron chi connectivity index (χ1n) is 5.25. The van der Waals surface area contributed by atoms with E-state index in [1.54, 1.807) is 31.2 Å². The molecule has 0 bridgehead atoms. The summed E-state index contributed by atoms with van der Waals surface area (Å²) in [5.41, 5.74) is -0.554. The molecule has 0 saturated carbocycles. The average Bonchev–Trinajstić information content (AvgIpc) is 2.24. The van der Waals surface area contributed by atoms with Crippen LogP contribution >= 0.6 is 0 Å². The molecule has 82 valence electrons. The van der Waals surface area contributed by atoms with Gasteiger partial charge >= 0.3 is 0 Å². The van der Waals surface area contributed by atoms with Gasteiger partial charge in [-0.1, -0.05) is 30.3 Å². The molecule has 1 fully saturated rings. The van der Waals surface area contributed by atoms with Gasteiger partial charge < -0.3 is 5.32 Å². The predicted molar refractivity (Wildman–Crippen MR) is 56.0 cm³/mol. The molecule has 1 aromatic rings. The van der Waals surface area contributed by atoms with Gasteiger partial charge in [0.05, 0.1) is 0 Å². The summed E-state index contributed by atoms with van der Waals surface area (Å²) in [7, 11) is 0. The zero-order chi connectivity index (χ0) is 10.9. The Labute approximate surface area is 88.5 Å². The molecule has 2 rings (SSSR count). The maximum absolute atomic E-state index is 13.9. The van der Waals surface area contributed by atoms with Crippen LogP contribution < -0.4 is 5.32 Å². The van der Waals surface area contributed by atoms with Crippen molar-refractivity contribution in [2.75, 3.05) is 6.54 Å². The Balaban J connectivity index is 2.40. The third-order valence-electron chi connectivity index (χ3n) is 3.23. The molecule has 1 nitrogen and oxygen atoms in total. The Hall–Kier alpha value is -0.960. The first-order chi connectivity index (χ1) is 7.06. The second-order valence-electron chi connectivity index (χ2n) is 4.23. The molecule has 1 saturated heterocycles. The van der Waals surface area contributed by atoms with Crippen LogP contribution in [0.2, 0.25) is 0 Å². The fraction of sp³-hybridized carbons (Fsp3) is 0.500. The Morgan fingerprint density at radius 3 is 2.47 bits per heavy atom. The molecule has 0 aliphatic carbocycles. The van der Waals surface area contributed by atoms with E-state index in [2.05, 4.69) is 5.32 Å². The minimum absolute atomic E-state index is 0.0363. The van der Waals surface area contributed by atoms with Crippen molar-refractivity contribution in [3.8, 4) is 0 Å². The predicted octanol–water partition coefficient (Wildman–Crippen LogP) is 2.92. The molecule has 1 N–H and O–H groups in total. The molecule has 1 aliphatic rings. The van der Waals surface area contributed by atoms with Crippen molar-refractivity contribution in [2.45, 2.75) is 31.2 Å². The Morgan fingerprint density at radius 2 is 1.87 bits per heavy atom. The molecular formula is C12H15F2N. The van der Waals surface area contributed by atoms with Gasteiger partial charge in [0.25, 0.3) is 5.92 Å². The van der Waals surface area contributed by atoms with Crippen LogP contribution in [0.15, 0.2) is 30.3 Å². The third kappa shape index (κ3) is 1.65. The van der Waals surface area contributed by atoms with E-state index in [9.17, 15) is 8.78 Å². The zero-order valence-corrected chi connectivity index (χ0v) is 8.76. The largest absolute Gasteiger partial charge is 0.303 e. The molecule has 1 unspecified atom stereocenters. The summed E-state index contributed by atoms with van der Waals surface area (Å²) in [4.78, 5) is 0. The van der Waals surface area contributed by atoms with Crippen molar-refractivity contribution < 1.29 is 8.78 Å². The van der Waals surface area contributed by atoms with E-state index in [0.29, 0.717) is 18.5 Å². The number of benzene rings is 1. The summed E-state index contributed by atoms with van der Waals surface area (Å²) in [6.45, 7) is 2.24. The van der Waals surface area contributed by atoms with Crippen molar-refractivity contribution in [2.24, 2.45) is 0 Å². The van der Waals surface area contributed by atoms with Crippen molar-refractivity contribution in [1.29, 1.82) is 0 Å². The summed E-state index contributed by atoms with van der Waals surface area (Å²) in [5.74, 6) is -2.67. The fourth-order valence-corrected chi connectivity index (χ4v) is 2.11. The Bertz CT molecular complexity index is 337. The Kier molecular flexibility index (Phi) is 2.51. The first-order valence-corrected chi connectivity index (χ1v) is 5.25. The van der Waals surface area contributed by atoms with E-state index in [4.69, 9.17) is 0 Å². The molecule has 15 heavy (non-hydrogen) atoms. The van der Waals surface area contributed by atoms with Crippen LogP contribution in [0.3, 0.4) is 0 Å². The van der Waals surface area contributed by atoms with Gasteiger partial charge in [-0.25, -0.2) is 8.78 Å². The van der Waals surface area contributed by atoms with E-state index in [0.717, 1.165) is 0 Å². The van der Waals surface area contributed by atoms with Crippen molar-refractivity contribution in [3.63, 3.8) is 0 Å². The van der Waals surface area contributed by atoms with E-state index in [-0.39, 0.29) is 6.42 Å². The van der Waals surface area contributed by atoms with Gasteiger partial charge in [0.1, 0.15) is 5.54 Å². The van der Waals surface area contributed by atoms with Crippen LogP contribution in [0.5, 0.6) is 0 Å². The molecule has 1 aromatic carbocycles. The van der Waals surface area contributed by atoms with Gasteiger partial charge in [-0.05, 0) is 25.5 Å². The lowest BCUT2D eigenvalue weighted by Gasteiger charge is -2.42. The molecule has 0 spiro atoms. The molecule has 1 aliphatic heterocycles. The molecule has 1 heterocycles. The second-order valence-corrected chi connectivity index (χ2v) is 4.23. The smallest absolute Gasteiger partial charge is 0.269 e. The number of alkyl halides is 2. The van der Waals surface area contributed by atoms with Crippen molar-refractivity contribution in [3.05, 3.63) is 35.9 Å². The number of nitrogens with one attached hydrogen (secondary N) is 1. The summed E-state index contributed by atoms with van der Waals surface area (Å²) < 4.78 is 27.8. The number of hydrogen-bond acceptors (Lipinski definition) is 1. The first kappa shape index (κ1) is 10.6. The normalized spacial score (nSPS) is 30.1. The van der Waals surface area contributed by atoms with Crippen molar-refractivity contribution in [1.82, 2.24) is 5.32 Å². The lowest BCUT2D eigenvalue weighted by Crippen LogP contribution is -2.57. The summed E-state index contributed by atoms with van der Waals surface area (Å²) in [6, 6.07) is 8.95. The number of piperidine rings is 1. The average molecular weight is 211 g/mol. The van der Waals surface area contributed by atoms with Gasteiger partial charge in [0, 0.05) is 6.42 Å². The topological polar surface area (TPSA) is 12.0 Å². The van der Waals surface area contributed by atoms with Gasteiger partial charge in [-0.2, -0.15) is 0 Å². The molecule has 3 heteroatoms. The van der Waals surface area contributed by atoms with Gasteiger partial charge in [0.15, 0.2) is 0 Å². The second kappa shape index (κ2) is 3.56. The van der Waals surface area contributed by atoms with E-state index >= 15 is 0 Å². The SMILES string of the molecule is CC1(c2ccccc2)NCCCC1(F)F. The number of rotatable bonds is 1. The molecule has 0 radical (unpaired) electrons. The fourth-order valence-electron chi connectivity index (χ4n) is 2.11. The Morgan fingerprint density at radius 1 is 1.20 bits per heavy atom. The number of hydrogen-bond donors (Lipinski definition) is 1.